The van der Waals surface area contributed by atoms with Crippen molar-refractivity contribution in [3.05, 3.63) is 34.5 Å². The fraction of sp³-hybridized carbons (Fsp3) is 0.467. The summed E-state index contributed by atoms with van der Waals surface area (Å²) < 4.78 is 2.18. The number of fused-ring (bicyclic) bond motifs is 1. The van der Waals surface area contributed by atoms with Gasteiger partial charge in [0.1, 0.15) is 0 Å². The van der Waals surface area contributed by atoms with Crippen LogP contribution in [0.4, 0.5) is 0 Å². The number of aryl methyl sites for hydroxylation is 2. The molecule has 98 valence electrons. The van der Waals surface area contributed by atoms with Gasteiger partial charge in [0.25, 0.3) is 0 Å². The Kier molecular flexibility index (Phi) is 3.98. The first kappa shape index (κ1) is 13.4. The lowest BCUT2D eigenvalue weighted by atomic mass is 10.1. The second-order valence-corrected chi connectivity index (χ2v) is 5.60. The van der Waals surface area contributed by atoms with Crippen molar-refractivity contribution in [2.24, 2.45) is 7.05 Å². The van der Waals surface area contributed by atoms with Gasteiger partial charge in [-0.05, 0) is 37.1 Å². The Balaban J connectivity index is 2.33. The second-order valence-electron chi connectivity index (χ2n) is 5.19. The van der Waals surface area contributed by atoms with Gasteiger partial charge in [-0.1, -0.05) is 31.5 Å². The monoisotopic (exact) mass is 264 g/mol. The molecule has 2 aromatic rings. The molecule has 0 amide bonds. The van der Waals surface area contributed by atoms with Gasteiger partial charge in [-0.15, -0.1) is 0 Å². The van der Waals surface area contributed by atoms with E-state index in [1.54, 1.807) is 0 Å². The highest BCUT2D eigenvalue weighted by molar-refractivity contribution is 6.32. The summed E-state index contributed by atoms with van der Waals surface area (Å²) in [7, 11) is 2.09. The van der Waals surface area contributed by atoms with Gasteiger partial charge in [-0.2, -0.15) is 0 Å². The van der Waals surface area contributed by atoms with Gasteiger partial charge in [0.05, 0.1) is 5.52 Å². The zero-order chi connectivity index (χ0) is 13.3. The van der Waals surface area contributed by atoms with E-state index in [-0.39, 0.29) is 0 Å². The summed E-state index contributed by atoms with van der Waals surface area (Å²) in [6.07, 6.45) is 3.27. The third-order valence-electron chi connectivity index (χ3n) is 3.36. The number of hydrogen-bond donors (Lipinski definition) is 1. The summed E-state index contributed by atoms with van der Waals surface area (Å²) in [6.45, 7) is 7.44. The number of hydrogen-bond acceptors (Lipinski definition) is 1. The summed E-state index contributed by atoms with van der Waals surface area (Å²) in [6, 6.07) is 4.67. The Bertz CT molecular complexity index is 555. The van der Waals surface area contributed by atoms with Crippen molar-refractivity contribution in [3.8, 4) is 0 Å². The topological polar surface area (TPSA) is 17.0 Å². The van der Waals surface area contributed by atoms with Crippen LogP contribution in [0.3, 0.4) is 0 Å². The Morgan fingerprint density at radius 3 is 2.72 bits per heavy atom. The van der Waals surface area contributed by atoms with E-state index in [0.29, 0.717) is 6.04 Å². The summed E-state index contributed by atoms with van der Waals surface area (Å²) in [5.41, 5.74) is 3.81. The van der Waals surface area contributed by atoms with E-state index < -0.39 is 0 Å². The van der Waals surface area contributed by atoms with E-state index in [1.165, 1.54) is 22.0 Å². The maximum absolute atomic E-state index is 6.19. The van der Waals surface area contributed by atoms with E-state index >= 15 is 0 Å². The third-order valence-corrected chi connectivity index (χ3v) is 3.77. The van der Waals surface area contributed by atoms with Gasteiger partial charge in [0, 0.05) is 29.7 Å². The van der Waals surface area contributed by atoms with Crippen molar-refractivity contribution in [2.45, 2.75) is 33.2 Å². The van der Waals surface area contributed by atoms with Crippen LogP contribution in [0.15, 0.2) is 18.3 Å². The Hall–Kier alpha value is -0.990. The zero-order valence-corrected chi connectivity index (χ0v) is 12.3. The Labute approximate surface area is 114 Å². The van der Waals surface area contributed by atoms with Crippen LogP contribution in [0, 0.1) is 6.92 Å². The predicted octanol–water partition coefficient (Wildman–Crippen LogP) is 3.68. The van der Waals surface area contributed by atoms with Crippen molar-refractivity contribution in [2.75, 3.05) is 6.54 Å². The molecule has 3 heteroatoms. The molecule has 1 heterocycles. The first-order valence-electron chi connectivity index (χ1n) is 6.47. The number of halogens is 1. The second kappa shape index (κ2) is 5.33. The highest BCUT2D eigenvalue weighted by Crippen LogP contribution is 2.28. The SMILES string of the molecule is Cc1c(Cl)ccc2c(CCNC(C)C)cn(C)c12. The van der Waals surface area contributed by atoms with Gasteiger partial charge in [-0.25, -0.2) is 0 Å². The van der Waals surface area contributed by atoms with Crippen LogP contribution in [0.5, 0.6) is 0 Å². The van der Waals surface area contributed by atoms with E-state index in [2.05, 4.69) is 50.0 Å². The van der Waals surface area contributed by atoms with Crippen LogP contribution in [0.1, 0.15) is 25.0 Å². The number of nitrogens with one attached hydrogen (secondary N) is 1. The molecule has 2 rings (SSSR count). The molecule has 2 nitrogen and oxygen atoms in total. The van der Waals surface area contributed by atoms with Gasteiger partial charge in [0.15, 0.2) is 0 Å². The van der Waals surface area contributed by atoms with Crippen LogP contribution in [-0.4, -0.2) is 17.2 Å². The molecule has 0 unspecified atom stereocenters. The number of aromatic nitrogens is 1. The smallest absolute Gasteiger partial charge is 0.0525 e. The maximum atomic E-state index is 6.19. The molecule has 0 fully saturated rings. The molecule has 0 saturated carbocycles. The van der Waals surface area contributed by atoms with Crippen LogP contribution in [-0.2, 0) is 13.5 Å². The minimum Gasteiger partial charge on any atom is -0.350 e. The molecule has 0 bridgehead atoms. The molecule has 1 N–H and O–H groups in total. The molecule has 0 radical (unpaired) electrons. The summed E-state index contributed by atoms with van der Waals surface area (Å²) in [5.74, 6) is 0. The fourth-order valence-corrected chi connectivity index (χ4v) is 2.60. The molecule has 0 aliphatic rings. The zero-order valence-electron chi connectivity index (χ0n) is 11.5. The van der Waals surface area contributed by atoms with Crippen LogP contribution in [0.2, 0.25) is 5.02 Å². The minimum atomic E-state index is 0.538. The molecule has 0 atom stereocenters. The van der Waals surface area contributed by atoms with E-state index in [4.69, 9.17) is 11.6 Å². The Morgan fingerprint density at radius 2 is 2.06 bits per heavy atom. The quantitative estimate of drug-likeness (QED) is 0.891. The van der Waals surface area contributed by atoms with Crippen molar-refractivity contribution < 1.29 is 0 Å². The first-order chi connectivity index (χ1) is 8.50. The van der Waals surface area contributed by atoms with Crippen LogP contribution >= 0.6 is 11.6 Å². The lowest BCUT2D eigenvalue weighted by Gasteiger charge is -2.07. The molecule has 0 aliphatic heterocycles. The fourth-order valence-electron chi connectivity index (χ4n) is 2.45. The first-order valence-corrected chi connectivity index (χ1v) is 6.85. The molecule has 0 saturated heterocycles. The lowest BCUT2D eigenvalue weighted by molar-refractivity contribution is 0.591. The molecule has 1 aromatic carbocycles. The Morgan fingerprint density at radius 1 is 1.33 bits per heavy atom. The van der Waals surface area contributed by atoms with Crippen molar-refractivity contribution in [1.29, 1.82) is 0 Å². The summed E-state index contributed by atoms with van der Waals surface area (Å²) in [5, 5.41) is 5.63. The third kappa shape index (κ3) is 2.55. The predicted molar refractivity (Wildman–Crippen MR) is 79.5 cm³/mol. The molecule has 1 aromatic heterocycles. The number of nitrogens with zero attached hydrogens (tertiary/aromatic N) is 1. The molecule has 0 aliphatic carbocycles. The minimum absolute atomic E-state index is 0.538. The van der Waals surface area contributed by atoms with Gasteiger partial charge >= 0.3 is 0 Å². The lowest BCUT2D eigenvalue weighted by Crippen LogP contribution is -2.24. The van der Waals surface area contributed by atoms with Crippen molar-refractivity contribution in [3.63, 3.8) is 0 Å². The van der Waals surface area contributed by atoms with Crippen molar-refractivity contribution in [1.82, 2.24) is 9.88 Å². The summed E-state index contributed by atoms with van der Waals surface area (Å²) >= 11 is 6.19. The normalized spacial score (nSPS) is 11.7. The van der Waals surface area contributed by atoms with E-state index in [0.717, 1.165) is 18.0 Å². The largest absolute Gasteiger partial charge is 0.350 e. The summed E-state index contributed by atoms with van der Waals surface area (Å²) in [4.78, 5) is 0. The van der Waals surface area contributed by atoms with Gasteiger partial charge < -0.3 is 9.88 Å². The average Bonchev–Trinajstić information content (AvgIpc) is 2.61. The molecule has 18 heavy (non-hydrogen) atoms. The average molecular weight is 265 g/mol. The highest BCUT2D eigenvalue weighted by atomic mass is 35.5. The van der Waals surface area contributed by atoms with Crippen LogP contribution in [0.25, 0.3) is 10.9 Å². The number of rotatable bonds is 4. The van der Waals surface area contributed by atoms with Gasteiger partial charge in [-0.3, -0.25) is 0 Å². The molecular formula is C15H21ClN2. The van der Waals surface area contributed by atoms with Gasteiger partial charge in [0.2, 0.25) is 0 Å². The van der Waals surface area contributed by atoms with E-state index in [9.17, 15) is 0 Å². The highest BCUT2D eigenvalue weighted by Gasteiger charge is 2.10. The van der Waals surface area contributed by atoms with Crippen molar-refractivity contribution >= 4 is 22.5 Å². The van der Waals surface area contributed by atoms with Crippen LogP contribution < -0.4 is 5.32 Å². The number of benzene rings is 1. The standard InChI is InChI=1S/C15H21ClN2/c1-10(2)17-8-7-12-9-18(4)15-11(3)14(16)6-5-13(12)15/h5-6,9-10,17H,7-8H2,1-4H3. The molecular weight excluding hydrogens is 244 g/mol. The maximum Gasteiger partial charge on any atom is 0.0525 e. The molecule has 0 spiro atoms. The van der Waals surface area contributed by atoms with E-state index in [1.807, 2.05) is 6.07 Å².